The van der Waals surface area contributed by atoms with Gasteiger partial charge in [-0.25, -0.2) is 0 Å². The Hall–Kier alpha value is -3.49. The van der Waals surface area contributed by atoms with Gasteiger partial charge in [0.05, 0.1) is 26.4 Å². The van der Waals surface area contributed by atoms with Crippen LogP contribution in [0.1, 0.15) is 32.6 Å². The number of halogens is 1. The van der Waals surface area contributed by atoms with E-state index < -0.39 is 0 Å². The number of hydrogen-bond donors (Lipinski definition) is 0. The molecule has 0 atom stereocenters. The molecule has 0 unspecified atom stereocenters. The number of ketones is 1. The van der Waals surface area contributed by atoms with Crippen LogP contribution in [0.3, 0.4) is 0 Å². The molecule has 0 N–H and O–H groups in total. The van der Waals surface area contributed by atoms with E-state index in [0.717, 1.165) is 32.5 Å². The van der Waals surface area contributed by atoms with Gasteiger partial charge < -0.3 is 28.4 Å². The van der Waals surface area contributed by atoms with Crippen molar-refractivity contribution in [2.75, 3.05) is 21.0 Å². The van der Waals surface area contributed by atoms with E-state index in [4.69, 9.17) is 28.4 Å². The van der Waals surface area contributed by atoms with Crippen LogP contribution in [0.15, 0.2) is 52.7 Å². The van der Waals surface area contributed by atoms with E-state index in [9.17, 15) is 4.79 Å². The summed E-state index contributed by atoms with van der Waals surface area (Å²) in [5, 5.41) is 0. The Bertz CT molecular complexity index is 1350. The number of carbonyl (C=O) groups excluding carboxylic acids is 1. The number of methoxy groups -OCH3 is 2. The summed E-state index contributed by atoms with van der Waals surface area (Å²) in [6.45, 7) is 2.87. The molecule has 180 valence electrons. The number of rotatable bonds is 6. The number of hydrogen-bond acceptors (Lipinski definition) is 7. The van der Waals surface area contributed by atoms with E-state index in [-0.39, 0.29) is 18.3 Å². The molecule has 0 saturated carbocycles. The van der Waals surface area contributed by atoms with Crippen molar-refractivity contribution in [1.29, 1.82) is 0 Å². The Kier molecular flexibility index (Phi) is 6.40. The highest BCUT2D eigenvalue weighted by atomic mass is 79.9. The van der Waals surface area contributed by atoms with Gasteiger partial charge in [0.1, 0.15) is 23.9 Å². The van der Waals surface area contributed by atoms with Crippen molar-refractivity contribution in [1.82, 2.24) is 0 Å². The highest BCUT2D eigenvalue weighted by Gasteiger charge is 2.30. The molecule has 0 amide bonds. The predicted octanol–water partition coefficient (Wildman–Crippen LogP) is 5.84. The molecule has 0 aliphatic carbocycles. The summed E-state index contributed by atoms with van der Waals surface area (Å²) in [5.74, 6) is 3.10. The van der Waals surface area contributed by atoms with Crippen molar-refractivity contribution in [3.8, 4) is 28.7 Å². The van der Waals surface area contributed by atoms with E-state index in [1.165, 1.54) is 0 Å². The van der Waals surface area contributed by atoms with Crippen molar-refractivity contribution in [2.24, 2.45) is 0 Å². The third-order valence-corrected chi connectivity index (χ3v) is 6.25. The first kappa shape index (κ1) is 23.3. The second kappa shape index (κ2) is 9.64. The number of aryl methyl sites for hydroxylation is 1. The van der Waals surface area contributed by atoms with E-state index in [1.54, 1.807) is 38.5 Å². The average molecular weight is 539 g/mol. The molecule has 5 rings (SSSR count). The van der Waals surface area contributed by atoms with Crippen LogP contribution < -0.4 is 23.7 Å². The normalized spacial score (nSPS) is 15.2. The fourth-order valence-corrected chi connectivity index (χ4v) is 4.73. The summed E-state index contributed by atoms with van der Waals surface area (Å²) >= 11 is 3.53. The van der Waals surface area contributed by atoms with Crippen LogP contribution in [0.5, 0.6) is 28.7 Å². The summed E-state index contributed by atoms with van der Waals surface area (Å²) in [6, 6.07) is 12.9. The molecule has 0 saturated heterocycles. The van der Waals surface area contributed by atoms with Crippen LogP contribution in [0.25, 0.3) is 6.08 Å². The zero-order valence-corrected chi connectivity index (χ0v) is 21.1. The third kappa shape index (κ3) is 4.59. The Morgan fingerprint density at radius 3 is 2.69 bits per heavy atom. The molecule has 7 nitrogen and oxygen atoms in total. The lowest BCUT2D eigenvalue weighted by atomic mass is 10.0. The number of allylic oxidation sites excluding steroid dienone is 1. The van der Waals surface area contributed by atoms with Gasteiger partial charge in [-0.3, -0.25) is 4.79 Å². The van der Waals surface area contributed by atoms with Gasteiger partial charge in [-0.15, -0.1) is 0 Å². The molecule has 0 radical (unpaired) electrons. The predicted molar refractivity (Wildman–Crippen MR) is 132 cm³/mol. The number of fused-ring (bicyclic) bond motifs is 2. The van der Waals surface area contributed by atoms with E-state index in [2.05, 4.69) is 15.9 Å². The van der Waals surface area contributed by atoms with Gasteiger partial charge in [0.15, 0.2) is 24.1 Å². The minimum absolute atomic E-state index is 0.173. The molecule has 8 heteroatoms. The number of ether oxygens (including phenoxy) is 6. The third-order valence-electron chi connectivity index (χ3n) is 5.80. The molecule has 3 aromatic rings. The molecular formula is C27H23BrO7. The zero-order chi connectivity index (χ0) is 24.5. The van der Waals surface area contributed by atoms with E-state index >= 15 is 0 Å². The van der Waals surface area contributed by atoms with Gasteiger partial charge in [-0.05, 0) is 54.5 Å². The highest BCUT2D eigenvalue weighted by Crippen LogP contribution is 2.39. The summed E-state index contributed by atoms with van der Waals surface area (Å²) in [6.07, 6.45) is 1.69. The molecule has 0 bridgehead atoms. The Morgan fingerprint density at radius 1 is 1.06 bits per heavy atom. The van der Waals surface area contributed by atoms with E-state index in [0.29, 0.717) is 41.8 Å². The molecular weight excluding hydrogens is 516 g/mol. The molecule has 2 aliphatic rings. The van der Waals surface area contributed by atoms with Gasteiger partial charge in [-0.1, -0.05) is 22.0 Å². The van der Waals surface area contributed by atoms with Crippen LogP contribution in [-0.2, 0) is 18.0 Å². The standard InChI is InChI=1S/C27H23BrO7/c1-15-6-20(33-13-18-10-19(28)9-17-12-32-14-34-27(17)18)11-23-25(15)26(29)24(35-23)8-16-4-5-21(30-2)22(7-16)31-3/h4-11H,12-14H2,1-3H3/b24-8-. The largest absolute Gasteiger partial charge is 0.493 e. The van der Waals surface area contributed by atoms with Crippen molar-refractivity contribution in [3.05, 3.63) is 80.5 Å². The first-order valence-corrected chi connectivity index (χ1v) is 11.7. The van der Waals surface area contributed by atoms with Gasteiger partial charge in [-0.2, -0.15) is 0 Å². The van der Waals surface area contributed by atoms with Crippen LogP contribution in [-0.4, -0.2) is 26.8 Å². The van der Waals surface area contributed by atoms with Crippen LogP contribution in [0, 0.1) is 6.92 Å². The molecule has 0 fully saturated rings. The first-order chi connectivity index (χ1) is 17.0. The second-order valence-electron chi connectivity index (χ2n) is 8.12. The summed E-state index contributed by atoms with van der Waals surface area (Å²) in [5.41, 5.74) is 3.94. The molecule has 2 heterocycles. The Balaban J connectivity index is 1.38. The SMILES string of the molecule is COc1ccc(/C=C2\Oc3cc(OCc4cc(Br)cc5c4OCOC5)cc(C)c3C2=O)cc1OC. The van der Waals surface area contributed by atoms with Gasteiger partial charge in [0.2, 0.25) is 5.78 Å². The summed E-state index contributed by atoms with van der Waals surface area (Å²) < 4.78 is 34.7. The highest BCUT2D eigenvalue weighted by molar-refractivity contribution is 9.10. The maximum atomic E-state index is 13.1. The molecule has 0 aromatic heterocycles. The molecule has 35 heavy (non-hydrogen) atoms. The Morgan fingerprint density at radius 2 is 1.89 bits per heavy atom. The fraction of sp³-hybridized carbons (Fsp3) is 0.222. The lowest BCUT2D eigenvalue weighted by Crippen LogP contribution is -2.14. The number of carbonyl (C=O) groups is 1. The smallest absolute Gasteiger partial charge is 0.232 e. The minimum atomic E-state index is -0.173. The lowest BCUT2D eigenvalue weighted by molar-refractivity contribution is -0.0176. The lowest BCUT2D eigenvalue weighted by Gasteiger charge is -2.21. The van der Waals surface area contributed by atoms with Crippen molar-refractivity contribution in [2.45, 2.75) is 20.1 Å². The maximum absolute atomic E-state index is 13.1. The fourth-order valence-electron chi connectivity index (χ4n) is 4.18. The monoisotopic (exact) mass is 538 g/mol. The summed E-state index contributed by atoms with van der Waals surface area (Å²) in [4.78, 5) is 13.1. The van der Waals surface area contributed by atoms with Crippen LogP contribution in [0.2, 0.25) is 0 Å². The van der Waals surface area contributed by atoms with Gasteiger partial charge in [0.25, 0.3) is 0 Å². The topological polar surface area (TPSA) is 72.5 Å². The van der Waals surface area contributed by atoms with Gasteiger partial charge >= 0.3 is 0 Å². The zero-order valence-electron chi connectivity index (χ0n) is 19.5. The van der Waals surface area contributed by atoms with Crippen molar-refractivity contribution in [3.63, 3.8) is 0 Å². The second-order valence-corrected chi connectivity index (χ2v) is 9.04. The quantitative estimate of drug-likeness (QED) is 0.365. The number of benzene rings is 3. The molecule has 3 aromatic carbocycles. The molecule has 0 spiro atoms. The summed E-state index contributed by atoms with van der Waals surface area (Å²) in [7, 11) is 3.14. The average Bonchev–Trinajstić information content (AvgIpc) is 3.17. The Labute approximate surface area is 211 Å². The first-order valence-electron chi connectivity index (χ1n) is 10.9. The van der Waals surface area contributed by atoms with Crippen LogP contribution in [0.4, 0.5) is 0 Å². The van der Waals surface area contributed by atoms with Crippen LogP contribution >= 0.6 is 15.9 Å². The minimum Gasteiger partial charge on any atom is -0.493 e. The number of Topliss-reactive ketones (excluding diaryl/α,β-unsaturated/α-hetero) is 1. The molecule has 2 aliphatic heterocycles. The maximum Gasteiger partial charge on any atom is 0.232 e. The van der Waals surface area contributed by atoms with E-state index in [1.807, 2.05) is 31.2 Å². The van der Waals surface area contributed by atoms with Crippen molar-refractivity contribution >= 4 is 27.8 Å². The van der Waals surface area contributed by atoms with Gasteiger partial charge in [0, 0.05) is 21.7 Å². The van der Waals surface area contributed by atoms with Crippen molar-refractivity contribution < 1.29 is 33.2 Å².